The van der Waals surface area contributed by atoms with Crippen molar-refractivity contribution in [1.82, 2.24) is 10.2 Å². The molecule has 1 N–H and O–H groups in total. The zero-order valence-electron chi connectivity index (χ0n) is 16.3. The van der Waals surface area contributed by atoms with Crippen molar-refractivity contribution < 1.29 is 14.3 Å². The van der Waals surface area contributed by atoms with E-state index < -0.39 is 0 Å². The summed E-state index contributed by atoms with van der Waals surface area (Å²) in [6.07, 6.45) is 10.2. The first-order chi connectivity index (χ1) is 13.3. The van der Waals surface area contributed by atoms with E-state index in [0.29, 0.717) is 37.6 Å². The number of benzene rings is 1. The number of carbonyl (C=O) groups excluding carboxylic acids is 1. The van der Waals surface area contributed by atoms with Crippen molar-refractivity contribution in [2.75, 3.05) is 19.9 Å². The largest absolute Gasteiger partial charge is 0.454 e. The van der Waals surface area contributed by atoms with E-state index >= 15 is 0 Å². The van der Waals surface area contributed by atoms with Gasteiger partial charge in [-0.25, -0.2) is 0 Å². The normalized spacial score (nSPS) is 20.6. The van der Waals surface area contributed by atoms with Gasteiger partial charge in [0, 0.05) is 19.0 Å². The predicted octanol–water partition coefficient (Wildman–Crippen LogP) is 3.86. The van der Waals surface area contributed by atoms with Gasteiger partial charge in [-0.15, -0.1) is 0 Å². The lowest BCUT2D eigenvalue weighted by atomic mass is 9.91. The number of fused-ring (bicyclic) bond motifs is 1. The van der Waals surface area contributed by atoms with Crippen LogP contribution in [0.2, 0.25) is 0 Å². The number of amides is 1. The molecular formula is C22H32N2O3. The van der Waals surface area contributed by atoms with E-state index in [0.717, 1.165) is 49.4 Å². The van der Waals surface area contributed by atoms with Crippen LogP contribution in [-0.4, -0.2) is 36.7 Å². The number of carbonyl (C=O) groups is 1. The molecule has 0 unspecified atom stereocenters. The summed E-state index contributed by atoms with van der Waals surface area (Å²) in [5.41, 5.74) is 1.14. The first-order valence-corrected chi connectivity index (χ1v) is 10.7. The third-order valence-corrected chi connectivity index (χ3v) is 6.35. The second kappa shape index (κ2) is 8.96. The highest BCUT2D eigenvalue weighted by Gasteiger charge is 2.27. The first-order valence-electron chi connectivity index (χ1n) is 10.7. The molecule has 0 radical (unpaired) electrons. The van der Waals surface area contributed by atoms with Crippen molar-refractivity contribution in [2.24, 2.45) is 5.92 Å². The molecule has 0 aromatic heterocycles. The average Bonchev–Trinajstić information content (AvgIpc) is 3.19. The van der Waals surface area contributed by atoms with Gasteiger partial charge in [0.2, 0.25) is 12.7 Å². The van der Waals surface area contributed by atoms with Crippen LogP contribution >= 0.6 is 0 Å². The second-order valence-electron chi connectivity index (χ2n) is 8.23. The lowest BCUT2D eigenvalue weighted by Crippen LogP contribution is -2.41. The Kier molecular flexibility index (Phi) is 6.17. The molecule has 1 aromatic carbocycles. The highest BCUT2D eigenvalue weighted by atomic mass is 16.7. The van der Waals surface area contributed by atoms with E-state index in [-0.39, 0.29) is 0 Å². The minimum absolute atomic E-state index is 0.292. The Bertz CT molecular complexity index is 636. The Balaban J connectivity index is 1.42. The quantitative estimate of drug-likeness (QED) is 0.824. The molecule has 4 rings (SSSR count). The Morgan fingerprint density at radius 2 is 1.81 bits per heavy atom. The van der Waals surface area contributed by atoms with Crippen molar-refractivity contribution in [1.29, 1.82) is 0 Å². The van der Waals surface area contributed by atoms with Gasteiger partial charge in [0.05, 0.1) is 0 Å². The van der Waals surface area contributed by atoms with Crippen LogP contribution < -0.4 is 14.8 Å². The van der Waals surface area contributed by atoms with E-state index in [1.165, 1.54) is 32.1 Å². The van der Waals surface area contributed by atoms with Gasteiger partial charge >= 0.3 is 0 Å². The van der Waals surface area contributed by atoms with Crippen LogP contribution in [0.5, 0.6) is 11.5 Å². The van der Waals surface area contributed by atoms with Crippen molar-refractivity contribution in [3.05, 3.63) is 23.8 Å². The number of hydrogen-bond donors (Lipinski definition) is 1. The van der Waals surface area contributed by atoms with E-state index in [1.54, 1.807) is 0 Å². The summed E-state index contributed by atoms with van der Waals surface area (Å²) >= 11 is 0. The molecule has 0 bridgehead atoms. The predicted molar refractivity (Wildman–Crippen MR) is 105 cm³/mol. The zero-order chi connectivity index (χ0) is 18.5. The Morgan fingerprint density at radius 1 is 1.04 bits per heavy atom. The van der Waals surface area contributed by atoms with Gasteiger partial charge < -0.3 is 19.7 Å². The lowest BCUT2D eigenvalue weighted by molar-refractivity contribution is -0.135. The van der Waals surface area contributed by atoms with Crippen LogP contribution in [0.3, 0.4) is 0 Å². The monoisotopic (exact) mass is 372 g/mol. The molecule has 2 aliphatic heterocycles. The topological polar surface area (TPSA) is 50.8 Å². The summed E-state index contributed by atoms with van der Waals surface area (Å²) < 4.78 is 10.9. The van der Waals surface area contributed by atoms with Crippen molar-refractivity contribution in [2.45, 2.75) is 70.4 Å². The maximum atomic E-state index is 13.2. The fraction of sp³-hybridized carbons (Fsp3) is 0.682. The third-order valence-electron chi connectivity index (χ3n) is 6.35. The number of rotatable bonds is 6. The van der Waals surface area contributed by atoms with Crippen molar-refractivity contribution in [3.63, 3.8) is 0 Å². The maximum Gasteiger partial charge on any atom is 0.231 e. The van der Waals surface area contributed by atoms with Gasteiger partial charge in [0.15, 0.2) is 11.5 Å². The average molecular weight is 373 g/mol. The van der Waals surface area contributed by atoms with E-state index in [4.69, 9.17) is 9.47 Å². The lowest BCUT2D eigenvalue weighted by Gasteiger charge is -2.35. The number of nitrogens with zero attached hydrogens (tertiary/aromatic N) is 1. The second-order valence-corrected chi connectivity index (χ2v) is 8.23. The summed E-state index contributed by atoms with van der Waals surface area (Å²) in [5, 5.41) is 3.41. The SMILES string of the molecule is O=C(CCC1CCNCC1)N(Cc1ccc2c(c1)OCO2)C1CCCCC1. The summed E-state index contributed by atoms with van der Waals surface area (Å²) in [6, 6.07) is 6.47. The van der Waals surface area contributed by atoms with Gasteiger partial charge in [-0.2, -0.15) is 0 Å². The highest BCUT2D eigenvalue weighted by molar-refractivity contribution is 5.76. The van der Waals surface area contributed by atoms with Gasteiger partial charge in [-0.3, -0.25) is 4.79 Å². The number of nitrogens with one attached hydrogen (secondary N) is 1. The smallest absolute Gasteiger partial charge is 0.231 e. The van der Waals surface area contributed by atoms with E-state index in [2.05, 4.69) is 16.3 Å². The molecule has 148 valence electrons. The summed E-state index contributed by atoms with van der Waals surface area (Å²) in [4.78, 5) is 15.3. The molecular weight excluding hydrogens is 340 g/mol. The van der Waals surface area contributed by atoms with E-state index in [9.17, 15) is 4.79 Å². The molecule has 5 heteroatoms. The van der Waals surface area contributed by atoms with Crippen molar-refractivity contribution in [3.8, 4) is 11.5 Å². The van der Waals surface area contributed by atoms with Crippen molar-refractivity contribution >= 4 is 5.91 Å². The standard InChI is InChI=1S/C22H32N2O3/c25-22(9-7-17-10-12-23-13-11-17)24(19-4-2-1-3-5-19)15-18-6-8-20-21(14-18)27-16-26-20/h6,8,14,17,19,23H,1-5,7,9-13,15-16H2. The molecule has 1 aromatic rings. The third kappa shape index (κ3) is 4.75. The molecule has 0 spiro atoms. The molecule has 27 heavy (non-hydrogen) atoms. The van der Waals surface area contributed by atoms with Gasteiger partial charge in [0.25, 0.3) is 0 Å². The minimum atomic E-state index is 0.292. The van der Waals surface area contributed by atoms with Gasteiger partial charge in [-0.1, -0.05) is 25.3 Å². The fourth-order valence-electron chi connectivity index (χ4n) is 4.69. The maximum absolute atomic E-state index is 13.2. The molecule has 2 fully saturated rings. The Labute approximate surface area is 162 Å². The fourth-order valence-corrected chi connectivity index (χ4v) is 4.69. The van der Waals surface area contributed by atoms with Gasteiger partial charge in [0.1, 0.15) is 0 Å². The molecule has 2 heterocycles. The van der Waals surface area contributed by atoms with Crippen LogP contribution in [0.25, 0.3) is 0 Å². The zero-order valence-corrected chi connectivity index (χ0v) is 16.3. The van der Waals surface area contributed by atoms with Gasteiger partial charge in [-0.05, 0) is 68.8 Å². The molecule has 1 aliphatic carbocycles. The van der Waals surface area contributed by atoms with Crippen LogP contribution in [0.1, 0.15) is 63.4 Å². The number of hydrogen-bond acceptors (Lipinski definition) is 4. The molecule has 3 aliphatic rings. The molecule has 1 saturated carbocycles. The molecule has 1 amide bonds. The molecule has 5 nitrogen and oxygen atoms in total. The van der Waals surface area contributed by atoms with Crippen LogP contribution in [0.15, 0.2) is 18.2 Å². The highest BCUT2D eigenvalue weighted by Crippen LogP contribution is 2.34. The summed E-state index contributed by atoms with van der Waals surface area (Å²) in [7, 11) is 0. The summed E-state index contributed by atoms with van der Waals surface area (Å²) in [6.45, 7) is 3.18. The van der Waals surface area contributed by atoms with Crippen LogP contribution in [0, 0.1) is 5.92 Å². The minimum Gasteiger partial charge on any atom is -0.454 e. The first kappa shape index (κ1) is 18.6. The van der Waals surface area contributed by atoms with Crippen LogP contribution in [0.4, 0.5) is 0 Å². The summed E-state index contributed by atoms with van der Waals surface area (Å²) in [5.74, 6) is 2.64. The molecule has 0 atom stereocenters. The van der Waals surface area contributed by atoms with Crippen LogP contribution in [-0.2, 0) is 11.3 Å². The van der Waals surface area contributed by atoms with E-state index in [1.807, 2.05) is 12.1 Å². The Hall–Kier alpha value is -1.75. The Morgan fingerprint density at radius 3 is 2.63 bits per heavy atom. The number of ether oxygens (including phenoxy) is 2. The number of piperidine rings is 1. The molecule has 1 saturated heterocycles.